The van der Waals surface area contributed by atoms with Gasteiger partial charge in [-0.15, -0.1) is 0 Å². The molecule has 4 heteroatoms. The van der Waals surface area contributed by atoms with Crippen molar-refractivity contribution >= 4 is 11.9 Å². The summed E-state index contributed by atoms with van der Waals surface area (Å²) in [4.78, 5) is 22.6. The van der Waals surface area contributed by atoms with Crippen LogP contribution in [0.1, 0.15) is 52.9 Å². The van der Waals surface area contributed by atoms with E-state index >= 15 is 0 Å². The molecular weight excluding hydrogens is 242 g/mol. The van der Waals surface area contributed by atoms with Gasteiger partial charge in [0, 0.05) is 6.42 Å². The minimum Gasteiger partial charge on any atom is -0.464 e. The van der Waals surface area contributed by atoms with Crippen LogP contribution in [-0.4, -0.2) is 24.5 Å². The highest BCUT2D eigenvalue weighted by Crippen LogP contribution is 2.13. The van der Waals surface area contributed by atoms with E-state index in [-0.39, 0.29) is 11.9 Å². The molecule has 2 atom stereocenters. The third-order valence-corrected chi connectivity index (χ3v) is 3.35. The quantitative estimate of drug-likeness (QED) is 0.570. The number of esters is 1. The van der Waals surface area contributed by atoms with Gasteiger partial charge >= 0.3 is 5.97 Å². The van der Waals surface area contributed by atoms with Gasteiger partial charge in [-0.1, -0.05) is 18.6 Å². The average Bonchev–Trinajstić information content (AvgIpc) is 2.75. The third kappa shape index (κ3) is 6.41. The Hall–Kier alpha value is -1.32. The molecule has 0 aliphatic carbocycles. The molecule has 19 heavy (non-hydrogen) atoms. The van der Waals surface area contributed by atoms with Crippen LogP contribution in [0.4, 0.5) is 0 Å². The highest BCUT2D eigenvalue weighted by molar-refractivity contribution is 5.87. The maximum Gasteiger partial charge on any atom is 0.328 e. The van der Waals surface area contributed by atoms with Crippen LogP contribution in [0.3, 0.4) is 0 Å². The molecule has 1 aliphatic heterocycles. The third-order valence-electron chi connectivity index (χ3n) is 3.35. The lowest BCUT2D eigenvalue weighted by Crippen LogP contribution is -2.34. The second kappa shape index (κ2) is 7.97. The Morgan fingerprint density at radius 3 is 2.79 bits per heavy atom. The van der Waals surface area contributed by atoms with E-state index in [1.54, 1.807) is 0 Å². The van der Waals surface area contributed by atoms with Crippen molar-refractivity contribution in [3.63, 3.8) is 0 Å². The second-order valence-corrected chi connectivity index (χ2v) is 5.58. The van der Waals surface area contributed by atoms with E-state index in [1.165, 1.54) is 5.57 Å². The summed E-state index contributed by atoms with van der Waals surface area (Å²) >= 11 is 0. The largest absolute Gasteiger partial charge is 0.464 e. The Balaban J connectivity index is 2.10. The van der Waals surface area contributed by atoms with Gasteiger partial charge in [-0.2, -0.15) is 0 Å². The van der Waals surface area contributed by atoms with Crippen LogP contribution in [0.5, 0.6) is 0 Å². The van der Waals surface area contributed by atoms with Crippen molar-refractivity contribution in [2.75, 3.05) is 6.61 Å². The van der Waals surface area contributed by atoms with Crippen LogP contribution in [0.15, 0.2) is 11.6 Å². The number of ether oxygens (including phenoxy) is 1. The Labute approximate surface area is 115 Å². The number of hydrogen-bond donors (Lipinski definition) is 1. The molecular formula is C15H25NO3. The summed E-state index contributed by atoms with van der Waals surface area (Å²) in [6.45, 7) is 6.82. The molecule has 0 saturated carbocycles. The van der Waals surface area contributed by atoms with Crippen molar-refractivity contribution in [1.29, 1.82) is 0 Å². The van der Waals surface area contributed by atoms with Gasteiger partial charge in [-0.25, -0.2) is 4.79 Å². The zero-order valence-corrected chi connectivity index (χ0v) is 12.2. The predicted octanol–water partition coefficient (Wildman–Crippen LogP) is 2.58. The average molecular weight is 267 g/mol. The molecule has 0 radical (unpaired) electrons. The maximum atomic E-state index is 11.6. The Bertz CT molecular complexity index is 345. The molecule has 4 nitrogen and oxygen atoms in total. The van der Waals surface area contributed by atoms with E-state index in [1.807, 2.05) is 0 Å². The standard InChI is InChI=1S/C15H25NO3/c1-11(2)5-4-6-12(3)9-10-19-15(18)13-7-8-14(17)16-13/h5,12-13H,4,6-10H2,1-3H3,(H,16,17)/t12-,13+/m1/s1. The molecule has 1 amide bonds. The first-order valence-corrected chi connectivity index (χ1v) is 7.08. The van der Waals surface area contributed by atoms with Crippen molar-refractivity contribution in [1.82, 2.24) is 5.32 Å². The molecule has 108 valence electrons. The summed E-state index contributed by atoms with van der Waals surface area (Å²) in [6, 6.07) is -0.423. The smallest absolute Gasteiger partial charge is 0.328 e. The van der Waals surface area contributed by atoms with Crippen molar-refractivity contribution in [3.05, 3.63) is 11.6 Å². The molecule has 1 fully saturated rings. The lowest BCUT2D eigenvalue weighted by molar-refractivity contribution is -0.146. The molecule has 1 N–H and O–H groups in total. The van der Waals surface area contributed by atoms with E-state index in [0.29, 0.717) is 25.4 Å². The summed E-state index contributed by atoms with van der Waals surface area (Å²) in [5.74, 6) is 0.195. The molecule has 0 spiro atoms. The summed E-state index contributed by atoms with van der Waals surface area (Å²) in [7, 11) is 0. The second-order valence-electron chi connectivity index (χ2n) is 5.58. The Morgan fingerprint density at radius 2 is 2.21 bits per heavy atom. The van der Waals surface area contributed by atoms with E-state index in [9.17, 15) is 9.59 Å². The van der Waals surface area contributed by atoms with Gasteiger partial charge in [0.05, 0.1) is 6.61 Å². The monoisotopic (exact) mass is 267 g/mol. The van der Waals surface area contributed by atoms with Crippen molar-refractivity contribution in [3.8, 4) is 0 Å². The highest BCUT2D eigenvalue weighted by atomic mass is 16.5. The van der Waals surface area contributed by atoms with Gasteiger partial charge < -0.3 is 10.1 Å². The molecule has 0 bridgehead atoms. The topological polar surface area (TPSA) is 55.4 Å². The van der Waals surface area contributed by atoms with Crippen LogP contribution in [-0.2, 0) is 14.3 Å². The molecule has 0 unspecified atom stereocenters. The fraction of sp³-hybridized carbons (Fsp3) is 0.733. The van der Waals surface area contributed by atoms with Gasteiger partial charge in [0.2, 0.25) is 5.91 Å². The Morgan fingerprint density at radius 1 is 1.47 bits per heavy atom. The fourth-order valence-corrected chi connectivity index (χ4v) is 2.05. The van der Waals surface area contributed by atoms with E-state index in [4.69, 9.17) is 4.74 Å². The van der Waals surface area contributed by atoms with Gasteiger partial charge in [-0.3, -0.25) is 4.79 Å². The molecule has 1 rings (SSSR count). The molecule has 0 aromatic rings. The van der Waals surface area contributed by atoms with Crippen molar-refractivity contribution in [2.24, 2.45) is 5.92 Å². The number of carbonyl (C=O) groups is 2. The van der Waals surface area contributed by atoms with Crippen molar-refractivity contribution in [2.45, 2.75) is 58.9 Å². The van der Waals surface area contributed by atoms with Crippen molar-refractivity contribution < 1.29 is 14.3 Å². The van der Waals surface area contributed by atoms with Crippen LogP contribution in [0.25, 0.3) is 0 Å². The minimum atomic E-state index is -0.423. The molecule has 0 aromatic heterocycles. The number of rotatable bonds is 7. The molecule has 0 aromatic carbocycles. The van der Waals surface area contributed by atoms with Gasteiger partial charge in [-0.05, 0) is 45.4 Å². The summed E-state index contributed by atoms with van der Waals surface area (Å²) in [5.41, 5.74) is 1.34. The Kier molecular flexibility index (Phi) is 6.60. The van der Waals surface area contributed by atoms with Gasteiger partial charge in [0.15, 0.2) is 0 Å². The lowest BCUT2D eigenvalue weighted by Gasteiger charge is -2.13. The van der Waals surface area contributed by atoms with E-state index in [2.05, 4.69) is 32.2 Å². The lowest BCUT2D eigenvalue weighted by atomic mass is 10.0. The summed E-state index contributed by atoms with van der Waals surface area (Å²) < 4.78 is 5.20. The molecule has 1 saturated heterocycles. The van der Waals surface area contributed by atoms with E-state index < -0.39 is 6.04 Å². The number of allylic oxidation sites excluding steroid dienone is 2. The summed E-state index contributed by atoms with van der Waals surface area (Å²) in [5, 5.41) is 2.62. The first-order chi connectivity index (χ1) is 8.99. The molecule has 1 aliphatic rings. The van der Waals surface area contributed by atoms with E-state index in [0.717, 1.165) is 19.3 Å². The van der Waals surface area contributed by atoms with Crippen LogP contribution in [0, 0.1) is 5.92 Å². The van der Waals surface area contributed by atoms with Gasteiger partial charge in [0.25, 0.3) is 0 Å². The zero-order valence-electron chi connectivity index (χ0n) is 12.2. The number of nitrogens with one attached hydrogen (secondary N) is 1. The van der Waals surface area contributed by atoms with Crippen LogP contribution in [0.2, 0.25) is 0 Å². The number of carbonyl (C=O) groups excluding carboxylic acids is 2. The minimum absolute atomic E-state index is 0.0583. The first kappa shape index (κ1) is 15.7. The molecule has 1 heterocycles. The maximum absolute atomic E-state index is 11.6. The van der Waals surface area contributed by atoms with Gasteiger partial charge in [0.1, 0.15) is 6.04 Å². The number of hydrogen-bond acceptors (Lipinski definition) is 3. The normalized spacial score (nSPS) is 19.7. The fourth-order valence-electron chi connectivity index (χ4n) is 2.05. The zero-order chi connectivity index (χ0) is 14.3. The number of amides is 1. The van der Waals surface area contributed by atoms with Crippen LogP contribution < -0.4 is 5.32 Å². The highest BCUT2D eigenvalue weighted by Gasteiger charge is 2.28. The first-order valence-electron chi connectivity index (χ1n) is 7.08. The van der Waals surface area contributed by atoms with Crippen LogP contribution >= 0.6 is 0 Å². The predicted molar refractivity (Wildman–Crippen MR) is 74.6 cm³/mol. The SMILES string of the molecule is CC(C)=CCC[C@@H](C)CCOC(=O)[C@@H]1CCC(=O)N1. The summed E-state index contributed by atoms with van der Waals surface area (Å²) in [6.07, 6.45) is 6.30.